The lowest BCUT2D eigenvalue weighted by atomic mass is 10.1. The summed E-state index contributed by atoms with van der Waals surface area (Å²) >= 11 is 0. The van der Waals surface area contributed by atoms with Gasteiger partial charge in [0.25, 0.3) is 5.56 Å². The average Bonchev–Trinajstić information content (AvgIpc) is 2.95. The van der Waals surface area contributed by atoms with Gasteiger partial charge in [0.05, 0.1) is 0 Å². The van der Waals surface area contributed by atoms with Crippen LogP contribution < -0.4 is 20.7 Å². The molecule has 2 aromatic rings. The molecule has 1 aromatic heterocycles. The first-order valence-corrected chi connectivity index (χ1v) is 6.20. The molecule has 0 aliphatic carbocycles. The molecule has 1 aromatic carbocycles. The lowest BCUT2D eigenvalue weighted by Gasteiger charge is -2.06. The van der Waals surface area contributed by atoms with Gasteiger partial charge in [-0.05, 0) is 18.2 Å². The minimum atomic E-state index is -0.624. The van der Waals surface area contributed by atoms with Crippen molar-refractivity contribution in [3.8, 4) is 11.5 Å². The van der Waals surface area contributed by atoms with Crippen LogP contribution in [0.15, 0.2) is 34.0 Å². The van der Waals surface area contributed by atoms with Gasteiger partial charge in [0.1, 0.15) is 5.56 Å². The normalized spacial score (nSPS) is 12.5. The second-order valence-corrected chi connectivity index (χ2v) is 4.70. The van der Waals surface area contributed by atoms with Gasteiger partial charge in [-0.25, -0.2) is 4.79 Å². The highest BCUT2D eigenvalue weighted by Gasteiger charge is 2.20. The first-order chi connectivity index (χ1) is 9.99. The van der Waals surface area contributed by atoms with Crippen molar-refractivity contribution in [3.63, 3.8) is 0 Å². The number of nitrogens with zero attached hydrogens (tertiary/aromatic N) is 2. The Balaban J connectivity index is 2.11. The van der Waals surface area contributed by atoms with Crippen molar-refractivity contribution in [2.24, 2.45) is 14.1 Å². The number of ether oxygens (including phenoxy) is 2. The zero-order valence-corrected chi connectivity index (χ0v) is 11.5. The van der Waals surface area contributed by atoms with E-state index in [1.165, 1.54) is 30.9 Å². The van der Waals surface area contributed by atoms with E-state index >= 15 is 0 Å². The highest BCUT2D eigenvalue weighted by Crippen LogP contribution is 2.32. The molecule has 0 unspecified atom stereocenters. The summed E-state index contributed by atoms with van der Waals surface area (Å²) in [6.45, 7) is 0.106. The van der Waals surface area contributed by atoms with Crippen LogP contribution in [0.2, 0.25) is 0 Å². The van der Waals surface area contributed by atoms with Gasteiger partial charge in [-0.2, -0.15) is 0 Å². The molecule has 3 rings (SSSR count). The number of carbonyl (C=O) groups is 1. The summed E-state index contributed by atoms with van der Waals surface area (Å²) in [5.41, 5.74) is -0.878. The monoisotopic (exact) mass is 288 g/mol. The van der Waals surface area contributed by atoms with E-state index in [1.54, 1.807) is 12.1 Å². The predicted octanol–water partition coefficient (Wildman–Crippen LogP) is 0.0437. The lowest BCUT2D eigenvalue weighted by molar-refractivity contribution is 0.103. The third-order valence-corrected chi connectivity index (χ3v) is 3.33. The molecule has 7 heteroatoms. The third-order valence-electron chi connectivity index (χ3n) is 3.33. The van der Waals surface area contributed by atoms with E-state index < -0.39 is 17.0 Å². The van der Waals surface area contributed by atoms with Crippen molar-refractivity contribution in [2.75, 3.05) is 6.79 Å². The van der Waals surface area contributed by atoms with Gasteiger partial charge in [-0.3, -0.25) is 14.2 Å². The van der Waals surface area contributed by atoms with Crippen LogP contribution in [0.5, 0.6) is 11.5 Å². The number of aryl methyl sites for hydroxylation is 1. The fraction of sp³-hybridized carbons (Fsp3) is 0.214. The zero-order chi connectivity index (χ0) is 15.1. The Kier molecular flexibility index (Phi) is 2.90. The number of fused-ring (bicyclic) bond motifs is 1. The highest BCUT2D eigenvalue weighted by molar-refractivity contribution is 6.08. The van der Waals surface area contributed by atoms with Gasteiger partial charge in [0.2, 0.25) is 6.79 Å². The van der Waals surface area contributed by atoms with E-state index in [4.69, 9.17) is 9.47 Å². The second-order valence-electron chi connectivity index (χ2n) is 4.70. The summed E-state index contributed by atoms with van der Waals surface area (Å²) in [6, 6.07) is 4.69. The number of hydrogen-bond donors (Lipinski definition) is 0. The summed E-state index contributed by atoms with van der Waals surface area (Å²) in [6.07, 6.45) is 1.25. The molecule has 0 saturated carbocycles. The van der Waals surface area contributed by atoms with Crippen LogP contribution in [-0.4, -0.2) is 21.7 Å². The van der Waals surface area contributed by atoms with Gasteiger partial charge in [-0.15, -0.1) is 0 Å². The van der Waals surface area contributed by atoms with Crippen molar-refractivity contribution in [2.45, 2.75) is 0 Å². The van der Waals surface area contributed by atoms with Crippen LogP contribution in [0.4, 0.5) is 0 Å². The maximum absolute atomic E-state index is 12.5. The summed E-state index contributed by atoms with van der Waals surface area (Å²) < 4.78 is 12.5. The summed E-state index contributed by atoms with van der Waals surface area (Å²) in [4.78, 5) is 36.2. The first-order valence-electron chi connectivity index (χ1n) is 6.20. The molecule has 0 fully saturated rings. The van der Waals surface area contributed by atoms with Crippen molar-refractivity contribution < 1.29 is 14.3 Å². The maximum atomic E-state index is 12.5. The Morgan fingerprint density at radius 2 is 1.86 bits per heavy atom. The Morgan fingerprint density at radius 3 is 2.62 bits per heavy atom. The summed E-state index contributed by atoms with van der Waals surface area (Å²) in [7, 11) is 2.82. The van der Waals surface area contributed by atoms with E-state index in [9.17, 15) is 14.4 Å². The Hall–Kier alpha value is -2.83. The molecule has 0 spiro atoms. The van der Waals surface area contributed by atoms with Crippen LogP contribution in [0.25, 0.3) is 0 Å². The van der Waals surface area contributed by atoms with E-state index in [2.05, 4.69) is 0 Å². The third kappa shape index (κ3) is 2.03. The average molecular weight is 288 g/mol. The van der Waals surface area contributed by atoms with Crippen molar-refractivity contribution in [1.29, 1.82) is 0 Å². The molecule has 0 bridgehead atoms. The van der Waals surface area contributed by atoms with Crippen LogP contribution >= 0.6 is 0 Å². The molecule has 0 N–H and O–H groups in total. The second kappa shape index (κ2) is 4.62. The number of aromatic nitrogens is 2. The van der Waals surface area contributed by atoms with E-state index in [0.717, 1.165) is 4.57 Å². The Bertz CT molecular complexity index is 863. The number of carbonyl (C=O) groups excluding carboxylic acids is 1. The van der Waals surface area contributed by atoms with Crippen LogP contribution in [-0.2, 0) is 14.1 Å². The van der Waals surface area contributed by atoms with Gasteiger partial charge in [0.15, 0.2) is 17.3 Å². The minimum absolute atomic E-state index is 0.0709. The molecular weight excluding hydrogens is 276 g/mol. The molecule has 2 heterocycles. The quantitative estimate of drug-likeness (QED) is 0.729. The first kappa shape index (κ1) is 13.2. The van der Waals surface area contributed by atoms with Gasteiger partial charge >= 0.3 is 5.69 Å². The number of rotatable bonds is 2. The van der Waals surface area contributed by atoms with E-state index in [1.807, 2.05) is 0 Å². The highest BCUT2D eigenvalue weighted by atomic mass is 16.7. The SMILES string of the molecule is Cn1cc(C(=O)c2ccc3c(c2)OCO3)c(=O)n(C)c1=O. The van der Waals surface area contributed by atoms with Gasteiger partial charge < -0.3 is 14.0 Å². The largest absolute Gasteiger partial charge is 0.454 e. The van der Waals surface area contributed by atoms with Crippen LogP contribution in [0.1, 0.15) is 15.9 Å². The smallest absolute Gasteiger partial charge is 0.330 e. The summed E-state index contributed by atoms with van der Waals surface area (Å²) in [5.74, 6) is 0.548. The standard InChI is InChI=1S/C14H12N2O5/c1-15-6-9(13(18)16(2)14(15)19)12(17)8-3-4-10-11(5-8)21-7-20-10/h3-6H,7H2,1-2H3. The minimum Gasteiger partial charge on any atom is -0.454 e. The number of benzene rings is 1. The molecule has 0 saturated heterocycles. The molecule has 7 nitrogen and oxygen atoms in total. The Morgan fingerprint density at radius 1 is 1.14 bits per heavy atom. The fourth-order valence-corrected chi connectivity index (χ4v) is 2.16. The maximum Gasteiger partial charge on any atom is 0.330 e. The lowest BCUT2D eigenvalue weighted by Crippen LogP contribution is -2.39. The van der Waals surface area contributed by atoms with Crippen molar-refractivity contribution >= 4 is 5.78 Å². The molecule has 0 radical (unpaired) electrons. The number of ketones is 1. The number of hydrogen-bond acceptors (Lipinski definition) is 5. The zero-order valence-electron chi connectivity index (χ0n) is 11.5. The molecule has 0 atom stereocenters. The molecular formula is C14H12N2O5. The fourth-order valence-electron chi connectivity index (χ4n) is 2.16. The molecule has 108 valence electrons. The molecule has 1 aliphatic rings. The van der Waals surface area contributed by atoms with Crippen molar-refractivity contribution in [3.05, 3.63) is 56.4 Å². The van der Waals surface area contributed by atoms with Crippen LogP contribution in [0.3, 0.4) is 0 Å². The van der Waals surface area contributed by atoms with Gasteiger partial charge in [-0.1, -0.05) is 0 Å². The molecule has 0 amide bonds. The topological polar surface area (TPSA) is 79.5 Å². The van der Waals surface area contributed by atoms with E-state index in [-0.39, 0.29) is 12.4 Å². The van der Waals surface area contributed by atoms with Crippen LogP contribution in [0, 0.1) is 0 Å². The van der Waals surface area contributed by atoms with Gasteiger partial charge in [0, 0.05) is 25.9 Å². The van der Waals surface area contributed by atoms with E-state index in [0.29, 0.717) is 17.1 Å². The predicted molar refractivity (Wildman–Crippen MR) is 72.9 cm³/mol. The Labute approximate surface area is 119 Å². The molecule has 1 aliphatic heterocycles. The summed E-state index contributed by atoms with van der Waals surface area (Å²) in [5, 5.41) is 0. The molecule has 21 heavy (non-hydrogen) atoms. The van der Waals surface area contributed by atoms with Crippen molar-refractivity contribution in [1.82, 2.24) is 9.13 Å².